The third-order valence-corrected chi connectivity index (χ3v) is 7.75. The molecule has 4 aliphatic rings. The fourth-order valence-electron chi connectivity index (χ4n) is 6.27. The Morgan fingerprint density at radius 3 is 2.61 bits per heavy atom. The monoisotopic (exact) mass is 314 g/mol. The second kappa shape index (κ2) is 4.81. The highest BCUT2D eigenvalue weighted by atomic mass is 16.4. The summed E-state index contributed by atoms with van der Waals surface area (Å²) in [5.74, 6) is 1.46. The Hall–Kier alpha value is -1.38. The molecule has 23 heavy (non-hydrogen) atoms. The fourth-order valence-corrected chi connectivity index (χ4v) is 6.27. The van der Waals surface area contributed by atoms with Crippen molar-refractivity contribution in [3.63, 3.8) is 0 Å². The fraction of sp³-hybridized carbons (Fsp3) is 0.700. The van der Waals surface area contributed by atoms with Crippen LogP contribution in [0.1, 0.15) is 58.8 Å². The summed E-state index contributed by atoms with van der Waals surface area (Å²) in [4.78, 5) is 23.7. The van der Waals surface area contributed by atoms with E-state index < -0.39 is 5.97 Å². The lowest BCUT2D eigenvalue weighted by atomic mass is 9.48. The summed E-state index contributed by atoms with van der Waals surface area (Å²) in [6.07, 6.45) is 10.8. The van der Waals surface area contributed by atoms with Gasteiger partial charge in [-0.05, 0) is 73.3 Å². The van der Waals surface area contributed by atoms with E-state index in [1.807, 2.05) is 6.08 Å². The molecule has 124 valence electrons. The van der Waals surface area contributed by atoms with Gasteiger partial charge in [0.15, 0.2) is 0 Å². The summed E-state index contributed by atoms with van der Waals surface area (Å²) < 4.78 is 0. The Morgan fingerprint density at radius 2 is 1.87 bits per heavy atom. The summed E-state index contributed by atoms with van der Waals surface area (Å²) in [5, 5.41) is 9.30. The second-order valence-corrected chi connectivity index (χ2v) is 8.58. The van der Waals surface area contributed by atoms with Crippen LogP contribution in [0.5, 0.6) is 0 Å². The first-order valence-electron chi connectivity index (χ1n) is 9.04. The van der Waals surface area contributed by atoms with Crippen LogP contribution in [0.2, 0.25) is 0 Å². The highest BCUT2D eigenvalue weighted by molar-refractivity contribution is 5.88. The average Bonchev–Trinajstić information content (AvgIpc) is 2.82. The van der Waals surface area contributed by atoms with Crippen LogP contribution in [0.4, 0.5) is 0 Å². The van der Waals surface area contributed by atoms with Crippen LogP contribution in [0.3, 0.4) is 0 Å². The van der Waals surface area contributed by atoms with E-state index in [2.05, 4.69) is 19.9 Å². The highest BCUT2D eigenvalue weighted by Gasteiger charge is 2.58. The summed E-state index contributed by atoms with van der Waals surface area (Å²) in [6, 6.07) is 0. The van der Waals surface area contributed by atoms with Crippen LogP contribution in [0, 0.1) is 28.6 Å². The van der Waals surface area contributed by atoms with Gasteiger partial charge >= 0.3 is 5.97 Å². The number of fused-ring (bicyclic) bond motifs is 5. The number of carbonyl (C=O) groups is 2. The number of ketones is 1. The normalized spacial score (nSPS) is 45.5. The molecule has 0 amide bonds. The van der Waals surface area contributed by atoms with Crippen LogP contribution in [0.15, 0.2) is 23.3 Å². The van der Waals surface area contributed by atoms with E-state index in [-0.39, 0.29) is 10.8 Å². The van der Waals surface area contributed by atoms with Gasteiger partial charge in [-0.1, -0.05) is 19.9 Å². The van der Waals surface area contributed by atoms with Crippen molar-refractivity contribution in [2.45, 2.75) is 58.8 Å². The minimum atomic E-state index is -0.771. The molecule has 0 aliphatic heterocycles. The number of Topliss-reactive ketones (excluding diaryl/α,β-unsaturated/α-hetero) is 1. The molecule has 0 aromatic carbocycles. The van der Waals surface area contributed by atoms with Gasteiger partial charge in [-0.15, -0.1) is 0 Å². The molecule has 2 saturated carbocycles. The standard InChI is InChI=1S/C20H26O3/c1-19-9-7-12(18(22)23)11-13(19)3-4-14-15-5-6-17(21)20(15,2)10-8-16(14)19/h3,11,14-16H,4-10H2,1-2H3,(H,22,23)/t14-,15-,16+,19-,20-/m0/s1. The summed E-state index contributed by atoms with van der Waals surface area (Å²) in [5.41, 5.74) is 1.83. The Balaban J connectivity index is 1.71. The van der Waals surface area contributed by atoms with Crippen molar-refractivity contribution < 1.29 is 14.7 Å². The van der Waals surface area contributed by atoms with Crippen LogP contribution < -0.4 is 0 Å². The molecule has 4 rings (SSSR count). The number of allylic oxidation sites excluding steroid dienone is 3. The third kappa shape index (κ3) is 1.95. The van der Waals surface area contributed by atoms with Crippen molar-refractivity contribution in [1.29, 1.82) is 0 Å². The molecule has 3 nitrogen and oxygen atoms in total. The quantitative estimate of drug-likeness (QED) is 0.791. The van der Waals surface area contributed by atoms with Gasteiger partial charge in [0.1, 0.15) is 5.78 Å². The Morgan fingerprint density at radius 1 is 1.13 bits per heavy atom. The maximum atomic E-state index is 12.4. The molecule has 5 atom stereocenters. The Labute approximate surface area is 137 Å². The van der Waals surface area contributed by atoms with Gasteiger partial charge in [-0.2, -0.15) is 0 Å². The molecule has 0 aromatic heterocycles. The zero-order valence-corrected chi connectivity index (χ0v) is 14.1. The first-order valence-corrected chi connectivity index (χ1v) is 9.04. The number of hydrogen-bond acceptors (Lipinski definition) is 2. The maximum Gasteiger partial charge on any atom is 0.331 e. The Bertz CT molecular complexity index is 643. The molecule has 0 heterocycles. The van der Waals surface area contributed by atoms with E-state index in [0.29, 0.717) is 35.5 Å². The zero-order chi connectivity index (χ0) is 16.4. The zero-order valence-electron chi connectivity index (χ0n) is 14.1. The minimum absolute atomic E-state index is 0.0837. The number of hydrogen-bond donors (Lipinski definition) is 1. The molecule has 0 unspecified atom stereocenters. The van der Waals surface area contributed by atoms with Crippen molar-refractivity contribution in [3.05, 3.63) is 23.3 Å². The molecule has 0 spiro atoms. The summed E-state index contributed by atoms with van der Waals surface area (Å²) in [7, 11) is 0. The van der Waals surface area contributed by atoms with Gasteiger partial charge in [0.25, 0.3) is 0 Å². The van der Waals surface area contributed by atoms with Crippen LogP contribution >= 0.6 is 0 Å². The first-order chi connectivity index (χ1) is 10.9. The van der Waals surface area contributed by atoms with Gasteiger partial charge in [0.2, 0.25) is 0 Å². The van der Waals surface area contributed by atoms with Crippen LogP contribution in [-0.4, -0.2) is 16.9 Å². The van der Waals surface area contributed by atoms with E-state index in [0.717, 1.165) is 38.5 Å². The average molecular weight is 314 g/mol. The van der Waals surface area contributed by atoms with E-state index >= 15 is 0 Å². The lowest BCUT2D eigenvalue weighted by molar-refractivity contribution is -0.134. The molecular weight excluding hydrogens is 288 g/mol. The number of carbonyl (C=O) groups excluding carboxylic acids is 1. The molecule has 2 fully saturated rings. The molecule has 3 heteroatoms. The van der Waals surface area contributed by atoms with Crippen molar-refractivity contribution >= 4 is 11.8 Å². The van der Waals surface area contributed by atoms with E-state index in [4.69, 9.17) is 0 Å². The van der Waals surface area contributed by atoms with Crippen molar-refractivity contribution in [2.75, 3.05) is 0 Å². The summed E-state index contributed by atoms with van der Waals surface area (Å²) >= 11 is 0. The molecule has 0 saturated heterocycles. The number of carboxylic acids is 1. The predicted octanol–water partition coefficient (Wildman–Crippen LogP) is 4.14. The van der Waals surface area contributed by atoms with Gasteiger partial charge in [0.05, 0.1) is 0 Å². The number of carboxylic acid groups (broad SMARTS) is 1. The van der Waals surface area contributed by atoms with Crippen LogP contribution in [-0.2, 0) is 9.59 Å². The third-order valence-electron chi connectivity index (χ3n) is 7.75. The van der Waals surface area contributed by atoms with Crippen LogP contribution in [0.25, 0.3) is 0 Å². The lowest BCUT2D eigenvalue weighted by Gasteiger charge is -2.55. The highest BCUT2D eigenvalue weighted by Crippen LogP contribution is 2.63. The van der Waals surface area contributed by atoms with Crippen molar-refractivity contribution in [1.82, 2.24) is 0 Å². The minimum Gasteiger partial charge on any atom is -0.478 e. The van der Waals surface area contributed by atoms with Crippen molar-refractivity contribution in [2.24, 2.45) is 28.6 Å². The first kappa shape index (κ1) is 15.2. The molecule has 1 N–H and O–H groups in total. The maximum absolute atomic E-state index is 12.4. The van der Waals surface area contributed by atoms with E-state index in [1.165, 1.54) is 5.57 Å². The predicted molar refractivity (Wildman–Crippen MR) is 87.8 cm³/mol. The topological polar surface area (TPSA) is 54.4 Å². The summed E-state index contributed by atoms with van der Waals surface area (Å²) in [6.45, 7) is 4.54. The van der Waals surface area contributed by atoms with Gasteiger partial charge in [-0.3, -0.25) is 4.79 Å². The molecule has 0 bridgehead atoms. The molecular formula is C20H26O3. The van der Waals surface area contributed by atoms with Gasteiger partial charge in [0, 0.05) is 17.4 Å². The second-order valence-electron chi connectivity index (χ2n) is 8.58. The van der Waals surface area contributed by atoms with Gasteiger partial charge < -0.3 is 5.11 Å². The van der Waals surface area contributed by atoms with Crippen molar-refractivity contribution in [3.8, 4) is 0 Å². The Kier molecular flexibility index (Phi) is 3.17. The van der Waals surface area contributed by atoms with Gasteiger partial charge in [-0.25, -0.2) is 4.79 Å². The largest absolute Gasteiger partial charge is 0.478 e. The molecule has 0 aromatic rings. The molecule has 4 aliphatic carbocycles. The molecule has 0 radical (unpaired) electrons. The smallest absolute Gasteiger partial charge is 0.331 e. The lowest BCUT2D eigenvalue weighted by Crippen LogP contribution is -2.49. The van der Waals surface area contributed by atoms with E-state index in [9.17, 15) is 14.7 Å². The van der Waals surface area contributed by atoms with E-state index in [1.54, 1.807) is 0 Å². The SMILES string of the molecule is C[C@]12CCC(C(=O)O)=CC1=CC[C@@H]1[C@H]2CC[C@]2(C)C(=O)CC[C@@H]12. The number of rotatable bonds is 1. The number of aliphatic carboxylic acids is 1.